The van der Waals surface area contributed by atoms with Crippen LogP contribution in [0.3, 0.4) is 0 Å². The van der Waals surface area contributed by atoms with Gasteiger partial charge in [-0.3, -0.25) is 0 Å². The van der Waals surface area contributed by atoms with Crippen LogP contribution in [-0.2, 0) is 5.41 Å². The second kappa shape index (κ2) is 17.3. The Hall–Kier alpha value is -6.44. The van der Waals surface area contributed by atoms with Crippen molar-refractivity contribution in [2.75, 3.05) is 4.90 Å². The lowest BCUT2D eigenvalue weighted by Gasteiger charge is -2.28. The van der Waals surface area contributed by atoms with E-state index in [-0.39, 0.29) is 5.41 Å². The van der Waals surface area contributed by atoms with Gasteiger partial charge in [0.1, 0.15) is 0 Å². The molecule has 0 aromatic heterocycles. The first-order valence-electron chi connectivity index (χ1n) is 24.1. The highest BCUT2D eigenvalue weighted by Gasteiger charge is 2.37. The van der Waals surface area contributed by atoms with E-state index < -0.39 is 0 Å². The van der Waals surface area contributed by atoms with Gasteiger partial charge in [0.25, 0.3) is 0 Å². The van der Waals surface area contributed by atoms with Crippen LogP contribution in [0.25, 0.3) is 55.6 Å². The van der Waals surface area contributed by atoms with Gasteiger partial charge in [0, 0.05) is 22.5 Å². The molecule has 8 aromatic rings. The molecule has 2 fully saturated rings. The highest BCUT2D eigenvalue weighted by Crippen LogP contribution is 2.54. The lowest BCUT2D eigenvalue weighted by atomic mass is 9.81. The maximum absolute atomic E-state index is 2.46. The van der Waals surface area contributed by atoms with Gasteiger partial charge in [-0.1, -0.05) is 204 Å². The molecule has 3 aliphatic rings. The fourth-order valence-electron chi connectivity index (χ4n) is 11.6. The third-order valence-corrected chi connectivity index (χ3v) is 15.1. The minimum absolute atomic E-state index is 0.160. The first-order valence-corrected chi connectivity index (χ1v) is 24.1. The second-order valence-electron chi connectivity index (χ2n) is 19.3. The molecule has 0 bridgehead atoms. The Labute approximate surface area is 381 Å². The Kier molecular flexibility index (Phi) is 10.9. The highest BCUT2D eigenvalue weighted by molar-refractivity contribution is 5.94. The van der Waals surface area contributed by atoms with E-state index in [4.69, 9.17) is 0 Å². The monoisotopic (exact) mass is 829 g/mol. The van der Waals surface area contributed by atoms with E-state index in [1.54, 1.807) is 0 Å². The number of benzene rings is 8. The average molecular weight is 830 g/mol. The van der Waals surface area contributed by atoms with Crippen LogP contribution in [-0.4, -0.2) is 0 Å². The van der Waals surface area contributed by atoms with Crippen LogP contribution < -0.4 is 4.90 Å². The molecule has 11 rings (SSSR count). The maximum Gasteiger partial charge on any atom is 0.0465 e. The molecular weight excluding hydrogens is 771 g/mol. The zero-order valence-corrected chi connectivity index (χ0v) is 37.6. The fraction of sp³-hybridized carbons (Fsp3) is 0.238. The normalized spacial score (nSPS) is 16.0. The van der Waals surface area contributed by atoms with Gasteiger partial charge in [-0.15, -0.1) is 0 Å². The molecule has 8 aromatic carbocycles. The van der Waals surface area contributed by atoms with Crippen LogP contribution in [0.15, 0.2) is 188 Å². The Morgan fingerprint density at radius 3 is 1.33 bits per heavy atom. The highest BCUT2D eigenvalue weighted by atomic mass is 15.1. The number of anilines is 3. The van der Waals surface area contributed by atoms with E-state index >= 15 is 0 Å². The van der Waals surface area contributed by atoms with Crippen LogP contribution in [0.4, 0.5) is 17.1 Å². The lowest BCUT2D eigenvalue weighted by Crippen LogP contribution is -2.16. The number of fused-ring (bicyclic) bond motifs is 3. The van der Waals surface area contributed by atoms with Gasteiger partial charge in [0.2, 0.25) is 0 Å². The van der Waals surface area contributed by atoms with Crippen molar-refractivity contribution in [1.82, 2.24) is 0 Å². The molecule has 0 aliphatic heterocycles. The second-order valence-corrected chi connectivity index (χ2v) is 19.3. The van der Waals surface area contributed by atoms with E-state index in [0.717, 1.165) is 17.1 Å². The molecule has 0 atom stereocenters. The minimum Gasteiger partial charge on any atom is -0.310 e. The molecular formula is C63H59N. The van der Waals surface area contributed by atoms with Crippen LogP contribution >= 0.6 is 0 Å². The van der Waals surface area contributed by atoms with Gasteiger partial charge in [-0.05, 0) is 152 Å². The van der Waals surface area contributed by atoms with Gasteiger partial charge in [0.05, 0.1) is 0 Å². The molecule has 1 heteroatoms. The van der Waals surface area contributed by atoms with E-state index in [0.29, 0.717) is 11.8 Å². The van der Waals surface area contributed by atoms with E-state index in [1.807, 2.05) is 0 Å². The third-order valence-electron chi connectivity index (χ3n) is 15.1. The predicted molar refractivity (Wildman–Crippen MR) is 272 cm³/mol. The summed E-state index contributed by atoms with van der Waals surface area (Å²) in [5.74, 6) is 1.42. The molecule has 0 spiro atoms. The lowest BCUT2D eigenvalue weighted by molar-refractivity contribution is 0.443. The van der Waals surface area contributed by atoms with Crippen LogP contribution in [0.1, 0.15) is 112 Å². The summed E-state index contributed by atoms with van der Waals surface area (Å²) in [6, 6.07) is 71.2. The summed E-state index contributed by atoms with van der Waals surface area (Å²) in [7, 11) is 0. The summed E-state index contributed by atoms with van der Waals surface area (Å²) >= 11 is 0. The molecule has 64 heavy (non-hydrogen) atoms. The van der Waals surface area contributed by atoms with Crippen LogP contribution in [0.5, 0.6) is 0 Å². The van der Waals surface area contributed by atoms with Crippen LogP contribution in [0.2, 0.25) is 0 Å². The molecule has 0 unspecified atom stereocenters. The Bertz CT molecular complexity index is 2870. The molecule has 0 N–H and O–H groups in total. The number of nitrogens with zero attached hydrogens (tertiary/aromatic N) is 1. The fourth-order valence-corrected chi connectivity index (χ4v) is 11.6. The number of hydrogen-bond acceptors (Lipinski definition) is 1. The summed E-state index contributed by atoms with van der Waals surface area (Å²) in [4.78, 5) is 2.45. The molecule has 2 saturated carbocycles. The van der Waals surface area contributed by atoms with Crippen molar-refractivity contribution in [3.05, 3.63) is 210 Å². The smallest absolute Gasteiger partial charge is 0.0465 e. The summed E-state index contributed by atoms with van der Waals surface area (Å²) in [6.07, 6.45) is 13.5. The van der Waals surface area contributed by atoms with Crippen molar-refractivity contribution in [1.29, 1.82) is 0 Å². The standard InChI is InChI=1S/C63H59N/c1-63(2)60-24-14-23-58(50-19-10-5-11-20-50)62(60)59-42-41-55(43-61(59)63)64(53-37-33-49(34-38-53)48-27-25-46(26-28-48)44-15-6-3-7-16-44)54-39-35-52(36-40-54)57-22-13-12-21-56(57)51-31-29-47(30-32-51)45-17-8-4-9-18-45/h5,10-14,19-45H,3-4,6-9,15-18H2,1-2H3. The summed E-state index contributed by atoms with van der Waals surface area (Å²) in [5.41, 5.74) is 21.9. The third kappa shape index (κ3) is 7.60. The van der Waals surface area contributed by atoms with Crippen molar-refractivity contribution in [2.24, 2.45) is 0 Å². The molecule has 0 saturated heterocycles. The van der Waals surface area contributed by atoms with E-state index in [1.165, 1.54) is 142 Å². The molecule has 316 valence electrons. The molecule has 0 amide bonds. The number of hydrogen-bond donors (Lipinski definition) is 0. The van der Waals surface area contributed by atoms with Gasteiger partial charge in [0.15, 0.2) is 0 Å². The van der Waals surface area contributed by atoms with Crippen molar-refractivity contribution < 1.29 is 0 Å². The first kappa shape index (κ1) is 40.3. The zero-order valence-electron chi connectivity index (χ0n) is 37.6. The largest absolute Gasteiger partial charge is 0.310 e. The summed E-state index contributed by atoms with van der Waals surface area (Å²) in [5, 5.41) is 0. The van der Waals surface area contributed by atoms with Crippen molar-refractivity contribution in [3.63, 3.8) is 0 Å². The number of rotatable bonds is 9. The molecule has 3 aliphatic carbocycles. The quantitative estimate of drug-likeness (QED) is 0.140. The van der Waals surface area contributed by atoms with Gasteiger partial charge in [-0.2, -0.15) is 0 Å². The minimum atomic E-state index is -0.160. The first-order chi connectivity index (χ1) is 31.5. The molecule has 0 heterocycles. The van der Waals surface area contributed by atoms with Crippen molar-refractivity contribution in [3.8, 4) is 55.6 Å². The summed E-state index contributed by atoms with van der Waals surface area (Å²) in [6.45, 7) is 4.79. The maximum atomic E-state index is 2.46. The van der Waals surface area contributed by atoms with Crippen molar-refractivity contribution >= 4 is 17.1 Å². The van der Waals surface area contributed by atoms with Gasteiger partial charge < -0.3 is 4.90 Å². The van der Waals surface area contributed by atoms with Crippen LogP contribution in [0, 0.1) is 0 Å². The topological polar surface area (TPSA) is 3.24 Å². The predicted octanol–water partition coefficient (Wildman–Crippen LogP) is 18.2. The Morgan fingerprint density at radius 2 is 0.781 bits per heavy atom. The van der Waals surface area contributed by atoms with Crippen molar-refractivity contribution in [2.45, 2.75) is 95.3 Å². The van der Waals surface area contributed by atoms with E-state index in [2.05, 4.69) is 207 Å². The SMILES string of the molecule is CC1(C)c2cc(N(c3ccc(-c4ccc(C5CCCCC5)cc4)cc3)c3ccc(-c4ccccc4-c4ccc(C5CCCCC5)cc4)cc3)ccc2-c2c(-c3ccccc3)cccc21. The zero-order chi connectivity index (χ0) is 43.0. The Morgan fingerprint density at radius 1 is 0.344 bits per heavy atom. The average Bonchev–Trinajstić information content (AvgIpc) is 3.60. The molecule has 1 nitrogen and oxygen atoms in total. The Balaban J connectivity index is 0.960. The van der Waals surface area contributed by atoms with E-state index in [9.17, 15) is 0 Å². The van der Waals surface area contributed by atoms with Gasteiger partial charge in [-0.25, -0.2) is 0 Å². The summed E-state index contributed by atoms with van der Waals surface area (Å²) < 4.78 is 0. The van der Waals surface area contributed by atoms with Gasteiger partial charge >= 0.3 is 0 Å². The molecule has 0 radical (unpaired) electrons.